The van der Waals surface area contributed by atoms with Gasteiger partial charge in [0.05, 0.1) is 0 Å². The average Bonchev–Trinajstić information content (AvgIpc) is 2.75. The zero-order valence-corrected chi connectivity index (χ0v) is 10.4. The van der Waals surface area contributed by atoms with Crippen LogP contribution in [0.1, 0.15) is 16.7 Å². The lowest BCUT2D eigenvalue weighted by Crippen LogP contribution is -2.19. The molecule has 1 unspecified atom stereocenters. The molecule has 2 aromatic carbocycles. The number of fused-ring (bicyclic) bond motifs is 1. The summed E-state index contributed by atoms with van der Waals surface area (Å²) in [6, 6.07) is 13.9. The molecule has 0 amide bonds. The maximum Gasteiger partial charge on any atom is 0.123 e. The molecule has 0 bridgehead atoms. The highest BCUT2D eigenvalue weighted by Crippen LogP contribution is 2.27. The molecule has 1 aliphatic rings. The predicted octanol–water partition coefficient (Wildman–Crippen LogP) is 3.71. The number of anilines is 1. The first-order chi connectivity index (χ1) is 8.72. The number of rotatable bonds is 2. The Bertz CT molecular complexity index is 552. The number of hydrogen-bond acceptors (Lipinski definition) is 1. The van der Waals surface area contributed by atoms with Gasteiger partial charge in [0.25, 0.3) is 0 Å². The van der Waals surface area contributed by atoms with Crippen LogP contribution in [0.5, 0.6) is 0 Å². The topological polar surface area (TPSA) is 12.0 Å². The van der Waals surface area contributed by atoms with E-state index >= 15 is 0 Å². The fourth-order valence-electron chi connectivity index (χ4n) is 2.65. The van der Waals surface area contributed by atoms with Crippen molar-refractivity contribution in [2.45, 2.75) is 25.8 Å². The second-order valence-electron chi connectivity index (χ2n) is 4.98. The largest absolute Gasteiger partial charge is 0.381 e. The summed E-state index contributed by atoms with van der Waals surface area (Å²) in [5, 5.41) is 3.53. The predicted molar refractivity (Wildman–Crippen MR) is 72.4 cm³/mol. The Morgan fingerprint density at radius 3 is 2.83 bits per heavy atom. The van der Waals surface area contributed by atoms with Crippen molar-refractivity contribution < 1.29 is 4.39 Å². The third-order valence-corrected chi connectivity index (χ3v) is 3.61. The number of benzene rings is 2. The Balaban J connectivity index is 1.76. The smallest absolute Gasteiger partial charge is 0.123 e. The van der Waals surface area contributed by atoms with E-state index in [9.17, 15) is 4.39 Å². The molecule has 1 atom stereocenters. The fourth-order valence-corrected chi connectivity index (χ4v) is 2.65. The molecule has 0 saturated carbocycles. The van der Waals surface area contributed by atoms with Gasteiger partial charge < -0.3 is 5.32 Å². The molecule has 2 aromatic rings. The van der Waals surface area contributed by atoms with E-state index in [1.165, 1.54) is 16.8 Å². The first-order valence-corrected chi connectivity index (χ1v) is 6.32. The van der Waals surface area contributed by atoms with Gasteiger partial charge in [0, 0.05) is 11.7 Å². The fraction of sp³-hybridized carbons (Fsp3) is 0.250. The van der Waals surface area contributed by atoms with Crippen LogP contribution in [0.25, 0.3) is 0 Å². The van der Waals surface area contributed by atoms with Crippen molar-refractivity contribution in [2.75, 3.05) is 5.32 Å². The van der Waals surface area contributed by atoms with Crippen LogP contribution < -0.4 is 5.32 Å². The second-order valence-corrected chi connectivity index (χ2v) is 4.98. The van der Waals surface area contributed by atoms with Crippen LogP contribution in [-0.2, 0) is 12.8 Å². The van der Waals surface area contributed by atoms with Gasteiger partial charge in [0.1, 0.15) is 5.82 Å². The molecule has 0 aliphatic carbocycles. The lowest BCUT2D eigenvalue weighted by Gasteiger charge is -2.13. The molecule has 18 heavy (non-hydrogen) atoms. The molecule has 1 aliphatic heterocycles. The summed E-state index contributed by atoms with van der Waals surface area (Å²) >= 11 is 0. The van der Waals surface area contributed by atoms with Gasteiger partial charge in [0.2, 0.25) is 0 Å². The molecule has 2 heteroatoms. The SMILES string of the molecule is Cc1cc(F)ccc1CC1Cc2ccccc2N1. The molecule has 1 heterocycles. The standard InChI is InChI=1S/C16H16FN/c1-11-8-14(17)7-6-12(11)9-15-10-13-4-2-3-5-16(13)18-15/h2-8,15,18H,9-10H2,1H3. The lowest BCUT2D eigenvalue weighted by molar-refractivity contribution is 0.624. The van der Waals surface area contributed by atoms with Crippen molar-refractivity contribution >= 4 is 5.69 Å². The van der Waals surface area contributed by atoms with E-state index in [-0.39, 0.29) is 5.82 Å². The van der Waals surface area contributed by atoms with E-state index in [4.69, 9.17) is 0 Å². The number of aryl methyl sites for hydroxylation is 1. The van der Waals surface area contributed by atoms with Gasteiger partial charge in [-0.15, -0.1) is 0 Å². The van der Waals surface area contributed by atoms with E-state index in [0.717, 1.165) is 18.4 Å². The zero-order valence-electron chi connectivity index (χ0n) is 10.4. The van der Waals surface area contributed by atoms with Crippen molar-refractivity contribution in [3.05, 3.63) is 65.0 Å². The average molecular weight is 241 g/mol. The molecule has 92 valence electrons. The molecule has 0 saturated heterocycles. The zero-order chi connectivity index (χ0) is 12.5. The minimum atomic E-state index is -0.154. The summed E-state index contributed by atoms with van der Waals surface area (Å²) in [6.45, 7) is 1.97. The van der Waals surface area contributed by atoms with Crippen molar-refractivity contribution in [3.63, 3.8) is 0 Å². The van der Waals surface area contributed by atoms with Gasteiger partial charge in [-0.3, -0.25) is 0 Å². The lowest BCUT2D eigenvalue weighted by atomic mass is 9.99. The van der Waals surface area contributed by atoms with Crippen molar-refractivity contribution in [3.8, 4) is 0 Å². The molecule has 0 aromatic heterocycles. The van der Waals surface area contributed by atoms with Crippen LogP contribution in [0.3, 0.4) is 0 Å². The van der Waals surface area contributed by atoms with Gasteiger partial charge in [-0.05, 0) is 54.7 Å². The van der Waals surface area contributed by atoms with Gasteiger partial charge in [-0.25, -0.2) is 4.39 Å². The van der Waals surface area contributed by atoms with Crippen LogP contribution in [0, 0.1) is 12.7 Å². The Morgan fingerprint density at radius 2 is 2.06 bits per heavy atom. The van der Waals surface area contributed by atoms with E-state index in [1.54, 1.807) is 12.1 Å². The number of halogens is 1. The van der Waals surface area contributed by atoms with Crippen LogP contribution in [-0.4, -0.2) is 6.04 Å². The summed E-state index contributed by atoms with van der Waals surface area (Å²) in [5.41, 5.74) is 4.87. The third-order valence-electron chi connectivity index (χ3n) is 3.61. The van der Waals surface area contributed by atoms with Gasteiger partial charge in [-0.1, -0.05) is 24.3 Å². The normalized spacial score (nSPS) is 17.3. The third kappa shape index (κ3) is 2.10. The molecule has 0 spiro atoms. The number of hydrogen-bond donors (Lipinski definition) is 1. The maximum atomic E-state index is 13.1. The monoisotopic (exact) mass is 241 g/mol. The van der Waals surface area contributed by atoms with Crippen molar-refractivity contribution in [1.82, 2.24) is 0 Å². The highest BCUT2D eigenvalue weighted by Gasteiger charge is 2.20. The van der Waals surface area contributed by atoms with E-state index in [0.29, 0.717) is 6.04 Å². The van der Waals surface area contributed by atoms with Crippen LogP contribution in [0.4, 0.5) is 10.1 Å². The number of para-hydroxylation sites is 1. The van der Waals surface area contributed by atoms with Crippen molar-refractivity contribution in [1.29, 1.82) is 0 Å². The Kier molecular flexibility index (Phi) is 2.78. The summed E-state index contributed by atoms with van der Waals surface area (Å²) < 4.78 is 13.1. The molecule has 0 radical (unpaired) electrons. The molecule has 3 rings (SSSR count). The summed E-state index contributed by atoms with van der Waals surface area (Å²) in [4.78, 5) is 0. The Labute approximate surface area is 107 Å². The van der Waals surface area contributed by atoms with Crippen LogP contribution in [0.15, 0.2) is 42.5 Å². The van der Waals surface area contributed by atoms with Gasteiger partial charge >= 0.3 is 0 Å². The molecular weight excluding hydrogens is 225 g/mol. The van der Waals surface area contributed by atoms with Crippen LogP contribution in [0.2, 0.25) is 0 Å². The van der Waals surface area contributed by atoms with E-state index in [1.807, 2.05) is 13.0 Å². The summed E-state index contributed by atoms with van der Waals surface area (Å²) in [6.07, 6.45) is 1.99. The first-order valence-electron chi connectivity index (χ1n) is 6.32. The molecule has 0 fully saturated rings. The first kappa shape index (κ1) is 11.3. The summed E-state index contributed by atoms with van der Waals surface area (Å²) in [5.74, 6) is -0.154. The summed E-state index contributed by atoms with van der Waals surface area (Å²) in [7, 11) is 0. The van der Waals surface area contributed by atoms with E-state index < -0.39 is 0 Å². The van der Waals surface area contributed by atoms with Crippen molar-refractivity contribution in [2.24, 2.45) is 0 Å². The van der Waals surface area contributed by atoms with Gasteiger partial charge in [0.15, 0.2) is 0 Å². The number of nitrogens with one attached hydrogen (secondary N) is 1. The molecule has 1 nitrogen and oxygen atoms in total. The second kappa shape index (κ2) is 4.45. The maximum absolute atomic E-state index is 13.1. The van der Waals surface area contributed by atoms with Gasteiger partial charge in [-0.2, -0.15) is 0 Å². The minimum absolute atomic E-state index is 0.154. The Hall–Kier alpha value is -1.83. The quantitative estimate of drug-likeness (QED) is 0.845. The molecular formula is C16H16FN. The molecule has 1 N–H and O–H groups in total. The minimum Gasteiger partial charge on any atom is -0.381 e. The van der Waals surface area contributed by atoms with Crippen LogP contribution >= 0.6 is 0 Å². The van der Waals surface area contributed by atoms with E-state index in [2.05, 4.69) is 29.6 Å². The highest BCUT2D eigenvalue weighted by molar-refractivity contribution is 5.56. The Morgan fingerprint density at radius 1 is 1.22 bits per heavy atom. The highest BCUT2D eigenvalue weighted by atomic mass is 19.1.